The first-order valence-electron chi connectivity index (χ1n) is 6.14. The van der Waals surface area contributed by atoms with Gasteiger partial charge in [-0.3, -0.25) is 0 Å². The normalized spacial score (nSPS) is 13.8. The van der Waals surface area contributed by atoms with E-state index in [1.54, 1.807) is 0 Å². The summed E-state index contributed by atoms with van der Waals surface area (Å²) >= 11 is 0. The lowest BCUT2D eigenvalue weighted by molar-refractivity contribution is 0.234. The lowest BCUT2D eigenvalue weighted by atomic mass is 9.76. The van der Waals surface area contributed by atoms with Crippen molar-refractivity contribution >= 4 is 0 Å². The molecule has 16 heavy (non-hydrogen) atoms. The van der Waals surface area contributed by atoms with Gasteiger partial charge in [0.25, 0.3) is 0 Å². The van der Waals surface area contributed by atoms with Crippen LogP contribution in [-0.4, -0.2) is 13.6 Å². The summed E-state index contributed by atoms with van der Waals surface area (Å²) in [7, 11) is 2.04. The van der Waals surface area contributed by atoms with Gasteiger partial charge in [0.1, 0.15) is 0 Å². The maximum absolute atomic E-state index is 3.31. The van der Waals surface area contributed by atoms with Crippen LogP contribution in [-0.2, 0) is 6.42 Å². The van der Waals surface area contributed by atoms with E-state index in [1.807, 2.05) is 7.05 Å². The largest absolute Gasteiger partial charge is 0.319 e. The van der Waals surface area contributed by atoms with E-state index in [4.69, 9.17) is 0 Å². The Balaban J connectivity index is 2.80. The molecule has 0 radical (unpaired) electrons. The van der Waals surface area contributed by atoms with Crippen molar-refractivity contribution < 1.29 is 0 Å². The number of nitrogens with one attached hydrogen (secondary N) is 1. The fraction of sp³-hybridized carbons (Fsp3) is 0.600. The highest BCUT2D eigenvalue weighted by Gasteiger charge is 2.24. The Hall–Kier alpha value is -0.820. The lowest BCUT2D eigenvalue weighted by Gasteiger charge is -2.31. The van der Waals surface area contributed by atoms with Gasteiger partial charge >= 0.3 is 0 Å². The quantitative estimate of drug-likeness (QED) is 0.818. The maximum Gasteiger partial charge on any atom is -0.00153 e. The zero-order valence-electron chi connectivity index (χ0n) is 11.3. The molecule has 0 amide bonds. The molecule has 1 rings (SSSR count). The molecule has 1 aromatic rings. The predicted molar refractivity (Wildman–Crippen MR) is 71.8 cm³/mol. The molecule has 1 nitrogen and oxygen atoms in total. The average molecular weight is 219 g/mol. The Kier molecular flexibility index (Phi) is 4.55. The molecular weight excluding hydrogens is 194 g/mol. The Morgan fingerprint density at radius 1 is 1.19 bits per heavy atom. The second-order valence-electron chi connectivity index (χ2n) is 5.75. The number of rotatable bonds is 4. The third kappa shape index (κ3) is 3.64. The van der Waals surface area contributed by atoms with Crippen LogP contribution >= 0.6 is 0 Å². The van der Waals surface area contributed by atoms with Gasteiger partial charge in [0.05, 0.1) is 0 Å². The molecule has 0 saturated carbocycles. The molecule has 0 aromatic heterocycles. The summed E-state index contributed by atoms with van der Waals surface area (Å²) in [4.78, 5) is 0. The van der Waals surface area contributed by atoms with Crippen LogP contribution in [0.4, 0.5) is 0 Å². The molecule has 0 heterocycles. The first kappa shape index (κ1) is 13.2. The molecule has 90 valence electrons. The van der Waals surface area contributed by atoms with Crippen LogP contribution in [0.3, 0.4) is 0 Å². The van der Waals surface area contributed by atoms with Gasteiger partial charge < -0.3 is 5.32 Å². The van der Waals surface area contributed by atoms with Gasteiger partial charge in [-0.25, -0.2) is 0 Å². The van der Waals surface area contributed by atoms with E-state index in [0.29, 0.717) is 11.3 Å². The van der Waals surface area contributed by atoms with Crippen molar-refractivity contribution in [1.29, 1.82) is 0 Å². The van der Waals surface area contributed by atoms with Crippen molar-refractivity contribution in [1.82, 2.24) is 5.32 Å². The van der Waals surface area contributed by atoms with E-state index in [2.05, 4.69) is 57.3 Å². The van der Waals surface area contributed by atoms with E-state index in [-0.39, 0.29) is 0 Å². The second kappa shape index (κ2) is 5.49. The zero-order valence-corrected chi connectivity index (χ0v) is 11.3. The predicted octanol–water partition coefficient (Wildman–Crippen LogP) is 3.42. The molecule has 0 bridgehead atoms. The summed E-state index contributed by atoms with van der Waals surface area (Å²) in [6, 6.07) is 8.71. The zero-order chi connectivity index (χ0) is 12.2. The van der Waals surface area contributed by atoms with E-state index < -0.39 is 0 Å². The molecule has 1 heteroatoms. The van der Waals surface area contributed by atoms with Crippen molar-refractivity contribution in [3.8, 4) is 0 Å². The number of hydrogen-bond donors (Lipinski definition) is 1. The van der Waals surface area contributed by atoms with Crippen molar-refractivity contribution in [2.45, 2.75) is 34.1 Å². The van der Waals surface area contributed by atoms with Gasteiger partial charge in [0, 0.05) is 0 Å². The molecule has 0 spiro atoms. The van der Waals surface area contributed by atoms with Crippen molar-refractivity contribution in [2.75, 3.05) is 13.6 Å². The lowest BCUT2D eigenvalue weighted by Crippen LogP contribution is -2.31. The van der Waals surface area contributed by atoms with Crippen molar-refractivity contribution in [3.63, 3.8) is 0 Å². The molecule has 1 atom stereocenters. The second-order valence-corrected chi connectivity index (χ2v) is 5.75. The van der Waals surface area contributed by atoms with Gasteiger partial charge in [-0.15, -0.1) is 0 Å². The van der Waals surface area contributed by atoms with Crippen LogP contribution in [0.25, 0.3) is 0 Å². The van der Waals surface area contributed by atoms with Crippen LogP contribution < -0.4 is 5.32 Å². The Bertz CT molecular complexity index is 322. The van der Waals surface area contributed by atoms with Gasteiger partial charge in [0.15, 0.2) is 0 Å². The molecule has 0 aliphatic heterocycles. The molecule has 0 saturated heterocycles. The van der Waals surface area contributed by atoms with E-state index in [0.717, 1.165) is 13.0 Å². The summed E-state index contributed by atoms with van der Waals surface area (Å²) in [5.41, 5.74) is 3.25. The fourth-order valence-electron chi connectivity index (χ4n) is 2.04. The monoisotopic (exact) mass is 219 g/mol. The Morgan fingerprint density at radius 3 is 2.31 bits per heavy atom. The molecule has 1 N–H and O–H groups in total. The number of aryl methyl sites for hydroxylation is 1. The average Bonchev–Trinajstić information content (AvgIpc) is 2.19. The SMILES string of the molecule is CNCC(Cc1ccccc1C)C(C)(C)C. The maximum atomic E-state index is 3.31. The summed E-state index contributed by atoms with van der Waals surface area (Å²) in [6.07, 6.45) is 1.16. The standard InChI is InChI=1S/C15H25N/c1-12-8-6-7-9-13(12)10-14(11-16-5)15(2,3)4/h6-9,14,16H,10-11H2,1-5H3. The summed E-state index contributed by atoms with van der Waals surface area (Å²) in [6.45, 7) is 10.3. The third-order valence-electron chi connectivity index (χ3n) is 3.40. The minimum absolute atomic E-state index is 0.352. The highest BCUT2D eigenvalue weighted by atomic mass is 14.8. The molecule has 1 unspecified atom stereocenters. The van der Waals surface area contributed by atoms with Gasteiger partial charge in [-0.1, -0.05) is 45.0 Å². The highest BCUT2D eigenvalue weighted by Crippen LogP contribution is 2.29. The molecule has 1 aromatic carbocycles. The summed E-state index contributed by atoms with van der Waals surface area (Å²) in [5, 5.41) is 3.31. The van der Waals surface area contributed by atoms with E-state index in [9.17, 15) is 0 Å². The minimum Gasteiger partial charge on any atom is -0.319 e. The topological polar surface area (TPSA) is 12.0 Å². The van der Waals surface area contributed by atoms with Crippen LogP contribution in [0, 0.1) is 18.3 Å². The van der Waals surface area contributed by atoms with Crippen LogP contribution in [0.15, 0.2) is 24.3 Å². The van der Waals surface area contributed by atoms with Crippen LogP contribution in [0.2, 0.25) is 0 Å². The van der Waals surface area contributed by atoms with Crippen molar-refractivity contribution in [3.05, 3.63) is 35.4 Å². The summed E-state index contributed by atoms with van der Waals surface area (Å²) in [5.74, 6) is 0.679. The number of hydrogen-bond acceptors (Lipinski definition) is 1. The minimum atomic E-state index is 0.352. The third-order valence-corrected chi connectivity index (χ3v) is 3.40. The van der Waals surface area contributed by atoms with Crippen LogP contribution in [0.5, 0.6) is 0 Å². The first-order chi connectivity index (χ1) is 7.45. The smallest absolute Gasteiger partial charge is 0.00153 e. The van der Waals surface area contributed by atoms with Gasteiger partial charge in [0.2, 0.25) is 0 Å². The Morgan fingerprint density at radius 2 is 1.81 bits per heavy atom. The summed E-state index contributed by atoms with van der Waals surface area (Å²) < 4.78 is 0. The first-order valence-corrected chi connectivity index (χ1v) is 6.14. The van der Waals surface area contributed by atoms with E-state index in [1.165, 1.54) is 11.1 Å². The highest BCUT2D eigenvalue weighted by molar-refractivity contribution is 5.26. The Labute approximate surface area is 100 Å². The number of benzene rings is 1. The van der Waals surface area contributed by atoms with Crippen LogP contribution in [0.1, 0.15) is 31.9 Å². The van der Waals surface area contributed by atoms with Crippen molar-refractivity contribution in [2.24, 2.45) is 11.3 Å². The molecule has 0 aliphatic rings. The molecule has 0 fully saturated rings. The molecular formula is C15H25N. The van der Waals surface area contributed by atoms with E-state index >= 15 is 0 Å². The molecule has 0 aliphatic carbocycles. The van der Waals surface area contributed by atoms with Gasteiger partial charge in [-0.2, -0.15) is 0 Å². The fourth-order valence-corrected chi connectivity index (χ4v) is 2.04. The van der Waals surface area contributed by atoms with Gasteiger partial charge in [-0.05, 0) is 49.4 Å².